The first-order valence-electron chi connectivity index (χ1n) is 9.82. The fourth-order valence-corrected chi connectivity index (χ4v) is 5.05. The number of thiophene rings is 1. The number of rotatable bonds is 4. The van der Waals surface area contributed by atoms with E-state index in [-0.39, 0.29) is 0 Å². The van der Waals surface area contributed by atoms with Crippen molar-refractivity contribution >= 4 is 50.1 Å². The smallest absolute Gasteiger partial charge is 0.407 e. The van der Waals surface area contributed by atoms with Crippen LogP contribution in [0, 0.1) is 0 Å². The van der Waals surface area contributed by atoms with Crippen LogP contribution in [0.15, 0.2) is 30.7 Å². The Kier molecular flexibility index (Phi) is 5.08. The summed E-state index contributed by atoms with van der Waals surface area (Å²) in [5.41, 5.74) is 2.87. The highest BCUT2D eigenvalue weighted by Crippen LogP contribution is 2.39. The molecule has 0 saturated heterocycles. The number of amides is 1. The number of hydrogen-bond donors (Lipinski definition) is 3. The highest BCUT2D eigenvalue weighted by atomic mass is 32.1. The predicted octanol–water partition coefficient (Wildman–Crippen LogP) is 4.46. The maximum atomic E-state index is 12.3. The summed E-state index contributed by atoms with van der Waals surface area (Å²) in [4.78, 5) is 22.3. The molecule has 1 aliphatic carbocycles. The molecule has 3 aromatic heterocycles. The number of nitrogens with one attached hydrogen (secondary N) is 3. The minimum atomic E-state index is -4.48. The highest BCUT2D eigenvalue weighted by molar-refractivity contribution is 7.19. The average Bonchev–Trinajstić information content (AvgIpc) is 3.35. The molecule has 5 rings (SSSR count). The van der Waals surface area contributed by atoms with Gasteiger partial charge in [0.1, 0.15) is 29.6 Å². The van der Waals surface area contributed by atoms with Crippen LogP contribution >= 0.6 is 11.3 Å². The van der Waals surface area contributed by atoms with E-state index in [2.05, 4.69) is 25.5 Å². The predicted molar refractivity (Wildman–Crippen MR) is 113 cm³/mol. The Bertz CT molecular complexity index is 1300. The van der Waals surface area contributed by atoms with Gasteiger partial charge in [0.25, 0.3) is 0 Å². The zero-order chi connectivity index (χ0) is 22.3. The quantitative estimate of drug-likeness (QED) is 0.414. The van der Waals surface area contributed by atoms with E-state index in [4.69, 9.17) is 4.74 Å². The van der Waals surface area contributed by atoms with Crippen molar-refractivity contribution in [2.75, 3.05) is 11.9 Å². The molecule has 166 valence electrons. The van der Waals surface area contributed by atoms with Crippen molar-refractivity contribution in [2.45, 2.75) is 31.5 Å². The van der Waals surface area contributed by atoms with Gasteiger partial charge in [-0.15, -0.1) is 11.3 Å². The van der Waals surface area contributed by atoms with Crippen LogP contribution in [0.4, 0.5) is 29.5 Å². The van der Waals surface area contributed by atoms with Crippen molar-refractivity contribution < 1.29 is 22.7 Å². The Hall–Kier alpha value is -3.41. The third-order valence-electron chi connectivity index (χ3n) is 5.21. The van der Waals surface area contributed by atoms with E-state index in [0.29, 0.717) is 25.1 Å². The molecule has 0 spiro atoms. The molecule has 12 heteroatoms. The molecule has 1 aromatic carbocycles. The lowest BCUT2D eigenvalue weighted by molar-refractivity contribution is -0.124. The lowest BCUT2D eigenvalue weighted by Crippen LogP contribution is -2.37. The van der Waals surface area contributed by atoms with Gasteiger partial charge in [-0.2, -0.15) is 18.3 Å². The van der Waals surface area contributed by atoms with Crippen LogP contribution in [0.1, 0.15) is 16.9 Å². The largest absolute Gasteiger partial charge is 0.446 e. The molecule has 0 aliphatic heterocycles. The van der Waals surface area contributed by atoms with Gasteiger partial charge >= 0.3 is 12.3 Å². The lowest BCUT2D eigenvalue weighted by Gasteiger charge is -2.23. The third-order valence-corrected chi connectivity index (χ3v) is 6.37. The molecule has 0 fully saturated rings. The number of aromatic amines is 1. The van der Waals surface area contributed by atoms with Crippen LogP contribution in [0.5, 0.6) is 0 Å². The van der Waals surface area contributed by atoms with Crippen molar-refractivity contribution in [3.63, 3.8) is 0 Å². The van der Waals surface area contributed by atoms with E-state index < -0.39 is 24.9 Å². The number of aromatic nitrogens is 4. The summed E-state index contributed by atoms with van der Waals surface area (Å²) >= 11 is 1.48. The topological polar surface area (TPSA) is 105 Å². The second-order valence-corrected chi connectivity index (χ2v) is 8.53. The molecule has 8 nitrogen and oxygen atoms in total. The monoisotopic (exact) mass is 462 g/mol. The summed E-state index contributed by atoms with van der Waals surface area (Å²) in [5, 5.41) is 13.9. The van der Waals surface area contributed by atoms with Gasteiger partial charge in [-0.3, -0.25) is 5.10 Å². The van der Waals surface area contributed by atoms with E-state index in [1.54, 1.807) is 11.5 Å². The van der Waals surface area contributed by atoms with Crippen molar-refractivity contribution in [1.82, 2.24) is 25.5 Å². The van der Waals surface area contributed by atoms with E-state index >= 15 is 0 Å². The number of aryl methyl sites for hydroxylation is 1. The van der Waals surface area contributed by atoms with Gasteiger partial charge in [-0.25, -0.2) is 14.8 Å². The van der Waals surface area contributed by atoms with Crippen molar-refractivity contribution in [1.29, 1.82) is 0 Å². The molecule has 3 N–H and O–H groups in total. The van der Waals surface area contributed by atoms with Crippen LogP contribution < -0.4 is 10.6 Å². The maximum Gasteiger partial charge on any atom is 0.407 e. The standard InChI is InChI=1S/C20H17F3N6O2S/c21-20(22,23)8-24-19(30)31-12-2-3-13-15(6-12)32-18-16(13)17(25-9-26-18)28-11-1-4-14-10(5-11)7-27-29-14/h1,4-5,7,9,12H,2-3,6,8H2,(H,24,30)(H,27,29)(H,25,26,28). The van der Waals surface area contributed by atoms with E-state index in [9.17, 15) is 18.0 Å². The maximum absolute atomic E-state index is 12.3. The Morgan fingerprint density at radius 3 is 3.03 bits per heavy atom. The van der Waals surface area contributed by atoms with Gasteiger partial charge in [-0.1, -0.05) is 0 Å². The molecule has 0 saturated carbocycles. The van der Waals surface area contributed by atoms with Crippen molar-refractivity contribution in [2.24, 2.45) is 0 Å². The SMILES string of the molecule is O=C(NCC(F)(F)F)OC1CCc2c(sc3ncnc(Nc4ccc5[nH]ncc5c4)c23)C1. The molecule has 0 radical (unpaired) electrons. The van der Waals surface area contributed by atoms with E-state index in [0.717, 1.165) is 37.2 Å². The number of nitrogens with zero attached hydrogens (tertiary/aromatic N) is 3. The van der Waals surface area contributed by atoms with Gasteiger partial charge in [0.05, 0.1) is 17.1 Å². The minimum absolute atomic E-state index is 0.427. The lowest BCUT2D eigenvalue weighted by atomic mass is 9.94. The Morgan fingerprint density at radius 1 is 1.31 bits per heavy atom. The minimum Gasteiger partial charge on any atom is -0.446 e. The summed E-state index contributed by atoms with van der Waals surface area (Å²) in [6.45, 7) is -1.41. The summed E-state index contributed by atoms with van der Waals surface area (Å²) in [6.07, 6.45) is -1.26. The Balaban J connectivity index is 1.35. The van der Waals surface area contributed by atoms with E-state index in [1.165, 1.54) is 17.7 Å². The van der Waals surface area contributed by atoms with Crippen molar-refractivity contribution in [3.05, 3.63) is 41.2 Å². The van der Waals surface area contributed by atoms with Crippen LogP contribution in [0.2, 0.25) is 0 Å². The molecule has 0 bridgehead atoms. The molecule has 1 aliphatic rings. The molecule has 32 heavy (non-hydrogen) atoms. The number of hydrogen-bond acceptors (Lipinski definition) is 7. The zero-order valence-corrected chi connectivity index (χ0v) is 17.3. The fourth-order valence-electron chi connectivity index (χ4n) is 3.80. The van der Waals surface area contributed by atoms with Crippen LogP contribution in [0.25, 0.3) is 21.1 Å². The molecular formula is C20H17F3N6O2S. The molecule has 1 amide bonds. The molecular weight excluding hydrogens is 445 g/mol. The number of carbonyl (C=O) groups excluding carboxylic acids is 1. The second-order valence-electron chi connectivity index (χ2n) is 7.44. The van der Waals surface area contributed by atoms with Crippen LogP contribution in [-0.2, 0) is 17.6 Å². The number of anilines is 2. The summed E-state index contributed by atoms with van der Waals surface area (Å²) in [5.74, 6) is 0.678. The zero-order valence-electron chi connectivity index (χ0n) is 16.5. The van der Waals surface area contributed by atoms with Crippen molar-refractivity contribution in [3.8, 4) is 0 Å². The third kappa shape index (κ3) is 4.17. The first-order chi connectivity index (χ1) is 15.4. The number of alkyl halides is 3. The van der Waals surface area contributed by atoms with Gasteiger partial charge < -0.3 is 15.4 Å². The Morgan fingerprint density at radius 2 is 2.19 bits per heavy atom. The highest BCUT2D eigenvalue weighted by Gasteiger charge is 2.30. The molecule has 1 atom stereocenters. The van der Waals surface area contributed by atoms with Crippen LogP contribution in [-0.4, -0.2) is 45.1 Å². The van der Waals surface area contributed by atoms with Gasteiger partial charge in [-0.05, 0) is 36.6 Å². The van der Waals surface area contributed by atoms with Gasteiger partial charge in [0, 0.05) is 22.4 Å². The first-order valence-corrected chi connectivity index (χ1v) is 10.6. The number of benzene rings is 1. The number of H-pyrrole nitrogens is 1. The van der Waals surface area contributed by atoms with E-state index in [1.807, 2.05) is 18.2 Å². The summed E-state index contributed by atoms with van der Waals surface area (Å²) in [7, 11) is 0. The number of ether oxygens (including phenoxy) is 1. The number of carbonyl (C=O) groups is 1. The summed E-state index contributed by atoms with van der Waals surface area (Å²) < 4.78 is 42.0. The molecule has 4 aromatic rings. The normalized spacial score (nSPS) is 16.2. The first kappa shape index (κ1) is 20.5. The number of alkyl carbamates (subject to hydrolysis) is 1. The Labute approximate surface area is 183 Å². The molecule has 3 heterocycles. The number of fused-ring (bicyclic) bond motifs is 4. The average molecular weight is 462 g/mol. The summed E-state index contributed by atoms with van der Waals surface area (Å²) in [6, 6.07) is 5.82. The van der Waals surface area contributed by atoms with Crippen LogP contribution in [0.3, 0.4) is 0 Å². The second kappa shape index (κ2) is 7.93. The fraction of sp³-hybridized carbons (Fsp3) is 0.300. The molecule has 1 unspecified atom stereocenters. The van der Waals surface area contributed by atoms with Gasteiger partial charge in [0.2, 0.25) is 0 Å². The number of halogens is 3. The van der Waals surface area contributed by atoms with Gasteiger partial charge in [0.15, 0.2) is 0 Å².